The maximum Gasteiger partial charge on any atom is 0.206 e. The van der Waals surface area contributed by atoms with Gasteiger partial charge in [-0.15, -0.1) is 0 Å². The lowest BCUT2D eigenvalue weighted by molar-refractivity contribution is 0.619. The maximum absolute atomic E-state index is 14.0. The predicted octanol–water partition coefficient (Wildman–Crippen LogP) is 2.90. The summed E-state index contributed by atoms with van der Waals surface area (Å²) in [6.45, 7) is 0. The average molecular weight is 307 g/mol. The van der Waals surface area contributed by atoms with E-state index in [4.69, 9.17) is 5.73 Å². The molecule has 18 heavy (non-hydrogen) atoms. The van der Waals surface area contributed by atoms with Crippen LogP contribution in [0.2, 0.25) is 0 Å². The van der Waals surface area contributed by atoms with E-state index in [0.29, 0.717) is 21.2 Å². The molecule has 90 valence electrons. The molecule has 2 N–H and O–H groups in total. The van der Waals surface area contributed by atoms with E-state index in [1.165, 1.54) is 6.07 Å². The Morgan fingerprint density at radius 1 is 1.28 bits per heavy atom. The number of hydrogen-bond donors (Lipinski definition) is 1. The smallest absolute Gasteiger partial charge is 0.206 e. The molecule has 1 aromatic carbocycles. The van der Waals surface area contributed by atoms with E-state index < -0.39 is 0 Å². The van der Waals surface area contributed by atoms with Gasteiger partial charge in [0.2, 0.25) is 5.95 Å². The number of para-hydroxylation sites is 1. The summed E-state index contributed by atoms with van der Waals surface area (Å²) >= 11 is 3.33. The number of benzene rings is 1. The highest BCUT2D eigenvalue weighted by molar-refractivity contribution is 9.10. The molecule has 3 rings (SSSR count). The van der Waals surface area contributed by atoms with Crippen LogP contribution in [0.1, 0.15) is 0 Å². The van der Waals surface area contributed by atoms with Crippen molar-refractivity contribution in [3.63, 3.8) is 0 Å². The third kappa shape index (κ3) is 1.57. The number of aromatic nitrogens is 3. The molecule has 0 saturated heterocycles. The minimum absolute atomic E-state index is 0.226. The van der Waals surface area contributed by atoms with E-state index in [9.17, 15) is 4.39 Å². The summed E-state index contributed by atoms with van der Waals surface area (Å²) in [5.41, 5.74) is 7.56. The number of pyridine rings is 1. The predicted molar refractivity (Wildman–Crippen MR) is 70.9 cm³/mol. The summed E-state index contributed by atoms with van der Waals surface area (Å²) in [7, 11) is 0. The number of rotatable bonds is 1. The van der Waals surface area contributed by atoms with Gasteiger partial charge in [-0.05, 0) is 34.1 Å². The fourth-order valence-corrected chi connectivity index (χ4v) is 2.41. The van der Waals surface area contributed by atoms with Crippen molar-refractivity contribution in [1.29, 1.82) is 0 Å². The molecule has 0 amide bonds. The summed E-state index contributed by atoms with van der Waals surface area (Å²) in [6, 6.07) is 6.51. The number of hydrogen-bond acceptors (Lipinski definition) is 3. The zero-order valence-corrected chi connectivity index (χ0v) is 10.7. The van der Waals surface area contributed by atoms with E-state index in [1.807, 2.05) is 0 Å². The Balaban J connectivity index is 2.42. The van der Waals surface area contributed by atoms with E-state index in [2.05, 4.69) is 25.9 Å². The van der Waals surface area contributed by atoms with Gasteiger partial charge in [-0.2, -0.15) is 0 Å². The molecular weight excluding hydrogens is 299 g/mol. The van der Waals surface area contributed by atoms with Gasteiger partial charge in [-0.1, -0.05) is 6.07 Å². The highest BCUT2D eigenvalue weighted by Gasteiger charge is 2.15. The zero-order valence-electron chi connectivity index (χ0n) is 9.14. The SMILES string of the molecule is Nc1nc2cnccc2n1-c1c(F)cccc1Br. The quantitative estimate of drug-likeness (QED) is 0.752. The van der Waals surface area contributed by atoms with Crippen LogP contribution in [0.15, 0.2) is 41.1 Å². The van der Waals surface area contributed by atoms with E-state index in [1.54, 1.807) is 35.2 Å². The lowest BCUT2D eigenvalue weighted by Gasteiger charge is -2.09. The third-order valence-corrected chi connectivity index (χ3v) is 3.28. The minimum atomic E-state index is -0.368. The number of halogens is 2. The highest BCUT2D eigenvalue weighted by atomic mass is 79.9. The van der Waals surface area contributed by atoms with E-state index in [-0.39, 0.29) is 11.8 Å². The Bertz CT molecular complexity index is 718. The maximum atomic E-state index is 14.0. The van der Waals surface area contributed by atoms with Gasteiger partial charge >= 0.3 is 0 Å². The number of nitrogens with zero attached hydrogens (tertiary/aromatic N) is 3. The van der Waals surface area contributed by atoms with Gasteiger partial charge in [0, 0.05) is 10.7 Å². The third-order valence-electron chi connectivity index (χ3n) is 2.64. The number of fused-ring (bicyclic) bond motifs is 1. The molecule has 2 aromatic heterocycles. The lowest BCUT2D eigenvalue weighted by atomic mass is 10.3. The van der Waals surface area contributed by atoms with Gasteiger partial charge in [0.25, 0.3) is 0 Å². The average Bonchev–Trinajstić information content (AvgIpc) is 2.66. The van der Waals surface area contributed by atoms with Crippen LogP contribution in [0.25, 0.3) is 16.7 Å². The van der Waals surface area contributed by atoms with Crippen LogP contribution < -0.4 is 5.73 Å². The largest absolute Gasteiger partial charge is 0.369 e. The van der Waals surface area contributed by atoms with E-state index >= 15 is 0 Å². The second kappa shape index (κ2) is 4.06. The van der Waals surface area contributed by atoms with Gasteiger partial charge in [0.15, 0.2) is 0 Å². The lowest BCUT2D eigenvalue weighted by Crippen LogP contribution is -2.03. The molecule has 0 unspecified atom stereocenters. The van der Waals surface area contributed by atoms with Crippen molar-refractivity contribution < 1.29 is 4.39 Å². The molecule has 0 fully saturated rings. The van der Waals surface area contributed by atoms with Crippen molar-refractivity contribution in [2.45, 2.75) is 0 Å². The summed E-state index contributed by atoms with van der Waals surface area (Å²) in [4.78, 5) is 8.13. The standard InChI is InChI=1S/C12H8BrFN4/c13-7-2-1-3-8(14)11(7)18-10-4-5-16-6-9(10)17-12(18)15/h1-6H,(H2,15,17). The summed E-state index contributed by atoms with van der Waals surface area (Å²) in [5, 5.41) is 0. The first-order valence-corrected chi connectivity index (χ1v) is 6.00. The second-order valence-corrected chi connectivity index (χ2v) is 4.59. The van der Waals surface area contributed by atoms with Crippen LogP contribution in [-0.4, -0.2) is 14.5 Å². The van der Waals surface area contributed by atoms with Crippen molar-refractivity contribution >= 4 is 32.9 Å². The molecule has 0 aliphatic rings. The summed E-state index contributed by atoms with van der Waals surface area (Å²) in [6.07, 6.45) is 3.21. The van der Waals surface area contributed by atoms with Crippen LogP contribution in [0, 0.1) is 5.82 Å². The Morgan fingerprint density at radius 2 is 2.11 bits per heavy atom. The number of nitrogen functional groups attached to an aromatic ring is 1. The Morgan fingerprint density at radius 3 is 2.89 bits per heavy atom. The molecule has 0 atom stereocenters. The fourth-order valence-electron chi connectivity index (χ4n) is 1.89. The molecule has 0 spiro atoms. The van der Waals surface area contributed by atoms with Crippen molar-refractivity contribution in [3.05, 3.63) is 46.9 Å². The number of imidazole rings is 1. The Labute approximate surface area is 110 Å². The van der Waals surface area contributed by atoms with Crippen LogP contribution in [0.5, 0.6) is 0 Å². The van der Waals surface area contributed by atoms with Gasteiger partial charge in [0.05, 0.1) is 17.4 Å². The molecule has 0 aliphatic heterocycles. The number of nitrogens with two attached hydrogens (primary N) is 1. The Hall–Kier alpha value is -1.95. The number of anilines is 1. The molecular formula is C12H8BrFN4. The van der Waals surface area contributed by atoms with Gasteiger partial charge in [-0.3, -0.25) is 9.55 Å². The zero-order chi connectivity index (χ0) is 12.7. The first-order valence-electron chi connectivity index (χ1n) is 5.21. The molecule has 6 heteroatoms. The molecule has 0 saturated carbocycles. The van der Waals surface area contributed by atoms with Crippen molar-refractivity contribution in [1.82, 2.24) is 14.5 Å². The molecule has 3 aromatic rings. The van der Waals surface area contributed by atoms with Gasteiger partial charge in [0.1, 0.15) is 11.3 Å². The van der Waals surface area contributed by atoms with Gasteiger partial charge in [-0.25, -0.2) is 9.37 Å². The summed E-state index contributed by atoms with van der Waals surface area (Å²) in [5.74, 6) is -0.143. The van der Waals surface area contributed by atoms with Crippen molar-refractivity contribution in [2.24, 2.45) is 0 Å². The van der Waals surface area contributed by atoms with Crippen LogP contribution in [0.3, 0.4) is 0 Å². The van der Waals surface area contributed by atoms with Crippen molar-refractivity contribution in [2.75, 3.05) is 5.73 Å². The van der Waals surface area contributed by atoms with Crippen LogP contribution >= 0.6 is 15.9 Å². The van der Waals surface area contributed by atoms with Crippen LogP contribution in [0.4, 0.5) is 10.3 Å². The normalized spacial score (nSPS) is 11.0. The monoisotopic (exact) mass is 306 g/mol. The minimum Gasteiger partial charge on any atom is -0.369 e. The van der Waals surface area contributed by atoms with Crippen molar-refractivity contribution in [3.8, 4) is 5.69 Å². The first kappa shape index (κ1) is 11.2. The molecule has 0 radical (unpaired) electrons. The summed E-state index contributed by atoms with van der Waals surface area (Å²) < 4.78 is 16.2. The molecule has 0 aliphatic carbocycles. The first-order chi connectivity index (χ1) is 8.68. The molecule has 2 heterocycles. The Kier molecular flexibility index (Phi) is 2.52. The molecule has 0 bridgehead atoms. The van der Waals surface area contributed by atoms with Crippen LogP contribution in [-0.2, 0) is 0 Å². The molecule has 4 nitrogen and oxygen atoms in total. The van der Waals surface area contributed by atoms with Gasteiger partial charge < -0.3 is 5.73 Å². The topological polar surface area (TPSA) is 56.7 Å². The fraction of sp³-hybridized carbons (Fsp3) is 0. The highest BCUT2D eigenvalue weighted by Crippen LogP contribution is 2.29. The second-order valence-electron chi connectivity index (χ2n) is 3.74. The van der Waals surface area contributed by atoms with E-state index in [0.717, 1.165) is 0 Å².